The number of unbranched alkanes of at least 4 members (excludes halogenated alkanes) is 2. The molecule has 1 aliphatic carbocycles. The second-order valence-electron chi connectivity index (χ2n) is 16.3. The number of aromatic amines is 1. The first-order valence-corrected chi connectivity index (χ1v) is 22.7. The van der Waals surface area contributed by atoms with Gasteiger partial charge in [0.05, 0.1) is 37.0 Å². The molecule has 0 saturated heterocycles. The number of halogens is 2. The van der Waals surface area contributed by atoms with Gasteiger partial charge in [0.15, 0.2) is 5.82 Å². The van der Waals surface area contributed by atoms with Gasteiger partial charge in [-0.2, -0.15) is 0 Å². The van der Waals surface area contributed by atoms with Gasteiger partial charge in [-0.05, 0) is 87.1 Å². The van der Waals surface area contributed by atoms with Gasteiger partial charge in [0.25, 0.3) is 0 Å². The largest absolute Gasteiger partial charge is 0.492 e. The predicted molar refractivity (Wildman–Crippen MR) is 246 cm³/mol. The molecule has 2 atom stereocenters. The molecular formula is C46H48Cl2N10O5S. The van der Waals surface area contributed by atoms with Gasteiger partial charge in [-0.3, -0.25) is 23.8 Å². The molecule has 2 aliphatic rings. The van der Waals surface area contributed by atoms with Gasteiger partial charge in [-0.1, -0.05) is 66.0 Å². The first kappa shape index (κ1) is 44.5. The number of allylic oxidation sites excluding steroid dienone is 1. The Hall–Kier alpha value is -6.10. The molecular weight excluding hydrogens is 876 g/mol. The Morgan fingerprint density at radius 1 is 0.984 bits per heavy atom. The lowest BCUT2D eigenvalue weighted by atomic mass is 9.73. The van der Waals surface area contributed by atoms with E-state index in [0.717, 1.165) is 69.3 Å². The molecule has 18 heteroatoms. The highest BCUT2D eigenvalue weighted by Gasteiger charge is 2.37. The lowest BCUT2D eigenvalue weighted by Gasteiger charge is -2.33. The van der Waals surface area contributed by atoms with Crippen molar-refractivity contribution in [1.29, 1.82) is 0 Å². The van der Waals surface area contributed by atoms with E-state index in [4.69, 9.17) is 32.9 Å². The second-order valence-corrected chi connectivity index (χ2v) is 18.3. The van der Waals surface area contributed by atoms with Crippen LogP contribution in [0.4, 0.5) is 0 Å². The first-order chi connectivity index (χ1) is 30.8. The number of aromatic carboxylic acids is 1. The van der Waals surface area contributed by atoms with Crippen molar-refractivity contribution in [3.8, 4) is 10.8 Å². The summed E-state index contributed by atoms with van der Waals surface area (Å²) in [5.41, 5.74) is 6.52. The number of aryl methyl sites for hydroxylation is 3. The summed E-state index contributed by atoms with van der Waals surface area (Å²) in [4.78, 5) is 47.0. The van der Waals surface area contributed by atoms with E-state index in [1.807, 2.05) is 73.1 Å². The number of fused-ring (bicyclic) bond motifs is 4. The third kappa shape index (κ3) is 9.40. The van der Waals surface area contributed by atoms with Crippen LogP contribution in [0.15, 0.2) is 70.9 Å². The van der Waals surface area contributed by atoms with Crippen molar-refractivity contribution in [3.63, 3.8) is 0 Å². The van der Waals surface area contributed by atoms with E-state index in [0.29, 0.717) is 59.9 Å². The number of amides is 2. The minimum Gasteiger partial charge on any atom is -0.492 e. The van der Waals surface area contributed by atoms with Crippen molar-refractivity contribution in [2.75, 3.05) is 13.2 Å². The summed E-state index contributed by atoms with van der Waals surface area (Å²) in [6.45, 7) is 9.62. The molecule has 0 radical (unpaired) electrons. The predicted octanol–water partition coefficient (Wildman–Crippen LogP) is 7.97. The number of hydrogen-bond donors (Lipinski definition) is 4. The topological polar surface area (TPSA) is 194 Å². The number of H-pyrrole nitrogens is 1. The Bertz CT molecular complexity index is 2770. The lowest BCUT2D eigenvalue weighted by Crippen LogP contribution is -2.29. The van der Waals surface area contributed by atoms with E-state index >= 15 is 0 Å². The van der Waals surface area contributed by atoms with E-state index < -0.39 is 17.4 Å². The third-order valence-electron chi connectivity index (χ3n) is 11.8. The molecule has 0 spiro atoms. The van der Waals surface area contributed by atoms with Gasteiger partial charge in [0.1, 0.15) is 34.9 Å². The number of carboxylic acid groups (broad SMARTS) is 1. The maximum absolute atomic E-state index is 13.4. The number of nitrogens with zero attached hydrogens (tertiary/aromatic N) is 7. The number of nitrogens with one attached hydrogen (secondary N) is 3. The molecule has 332 valence electrons. The SMILES string of the molecule is Cc1sc2c(c1C)C(c1ccc(Cl)cc1)=N[C@H](CC(=O)NCc1cn(CCCCCC(=O)NCCOc3ccc(C4(C)Cc5c(C(=O)O)c[nH]c5C=C4Cl)cc3)nn1)c1nnc(C)n1-2. The van der Waals surface area contributed by atoms with E-state index in [1.165, 1.54) is 11.1 Å². The van der Waals surface area contributed by atoms with Crippen LogP contribution in [0.5, 0.6) is 5.75 Å². The van der Waals surface area contributed by atoms with Crippen molar-refractivity contribution in [3.05, 3.63) is 132 Å². The van der Waals surface area contributed by atoms with Gasteiger partial charge in [0, 0.05) is 56.3 Å². The highest BCUT2D eigenvalue weighted by molar-refractivity contribution is 7.15. The van der Waals surface area contributed by atoms with E-state index in [-0.39, 0.29) is 30.3 Å². The standard InChI is InChI=1S/C46H48Cl2N10O5S/c1-26-27(2)64-44-41(26)42(29-9-13-31(47)14-10-29)52-37(43-55-53-28(3)58(43)44)21-40(60)51-23-32-25-57(56-54-32)18-7-5-6-8-39(59)49-17-19-63-33-15-11-30(12-16-33)46(4)22-34-35(45(61)62)24-50-36(34)20-38(46)48/h9-16,20,24-25,37,50H,5-8,17-19,21-23H2,1-4H3,(H,49,59)(H,51,60)(H,61,62)/t37-,46?/m1/s1. The molecule has 0 fully saturated rings. The van der Waals surface area contributed by atoms with Crippen LogP contribution < -0.4 is 15.4 Å². The molecule has 2 aromatic carbocycles. The number of hydrogen-bond acceptors (Lipinski definition) is 10. The van der Waals surface area contributed by atoms with Crippen LogP contribution in [0.2, 0.25) is 5.02 Å². The summed E-state index contributed by atoms with van der Waals surface area (Å²) in [5.74, 6) is 0.778. The molecule has 15 nitrogen and oxygen atoms in total. The number of rotatable bonds is 17. The van der Waals surface area contributed by atoms with Crippen LogP contribution in [0.1, 0.15) is 111 Å². The summed E-state index contributed by atoms with van der Waals surface area (Å²) < 4.78 is 9.64. The van der Waals surface area contributed by atoms with E-state index in [1.54, 1.807) is 22.1 Å². The zero-order chi connectivity index (χ0) is 45.1. The zero-order valence-electron chi connectivity index (χ0n) is 35.9. The van der Waals surface area contributed by atoms with E-state index in [2.05, 4.69) is 50.0 Å². The maximum atomic E-state index is 13.4. The smallest absolute Gasteiger partial charge is 0.337 e. The van der Waals surface area contributed by atoms with Gasteiger partial charge in [-0.25, -0.2) is 4.79 Å². The molecule has 64 heavy (non-hydrogen) atoms. The van der Waals surface area contributed by atoms with Crippen molar-refractivity contribution in [2.24, 2.45) is 4.99 Å². The number of carboxylic acids is 1. The first-order valence-electron chi connectivity index (χ1n) is 21.1. The van der Waals surface area contributed by atoms with Crippen LogP contribution in [0.3, 0.4) is 0 Å². The average molecular weight is 924 g/mol. The number of carbonyl (C=O) groups is 3. The van der Waals surface area contributed by atoms with Crippen molar-refractivity contribution < 1.29 is 24.2 Å². The van der Waals surface area contributed by atoms with Crippen LogP contribution in [-0.2, 0) is 34.5 Å². The number of aliphatic imine (C=N–C) groups is 1. The van der Waals surface area contributed by atoms with Crippen LogP contribution >= 0.6 is 34.5 Å². The van der Waals surface area contributed by atoms with Gasteiger partial charge in [-0.15, -0.1) is 26.6 Å². The quantitative estimate of drug-likeness (QED) is 0.0657. The zero-order valence-corrected chi connectivity index (χ0v) is 38.2. The molecule has 6 aromatic rings. The molecule has 4 aromatic heterocycles. The fraction of sp³-hybridized carbons (Fsp3) is 0.348. The Morgan fingerprint density at radius 3 is 2.53 bits per heavy atom. The van der Waals surface area contributed by atoms with Crippen LogP contribution in [0.25, 0.3) is 11.1 Å². The summed E-state index contributed by atoms with van der Waals surface area (Å²) >= 11 is 14.6. The monoisotopic (exact) mass is 922 g/mol. The van der Waals surface area contributed by atoms with Crippen molar-refractivity contribution >= 4 is 64.1 Å². The van der Waals surface area contributed by atoms with Crippen LogP contribution in [0, 0.1) is 20.8 Å². The van der Waals surface area contributed by atoms with Gasteiger partial charge < -0.3 is 25.5 Å². The third-order valence-corrected chi connectivity index (χ3v) is 13.8. The lowest BCUT2D eigenvalue weighted by molar-refractivity contribution is -0.122. The highest BCUT2D eigenvalue weighted by atomic mass is 35.5. The molecule has 0 saturated carbocycles. The Balaban J connectivity index is 0.749. The fourth-order valence-electron chi connectivity index (χ4n) is 8.14. The van der Waals surface area contributed by atoms with Gasteiger partial charge in [0.2, 0.25) is 11.8 Å². The number of ether oxygens (including phenoxy) is 1. The molecule has 1 unspecified atom stereocenters. The number of aromatic nitrogens is 7. The highest BCUT2D eigenvalue weighted by Crippen LogP contribution is 2.44. The van der Waals surface area contributed by atoms with Crippen LogP contribution in [-0.4, -0.2) is 76.5 Å². The maximum Gasteiger partial charge on any atom is 0.337 e. The Morgan fingerprint density at radius 2 is 1.77 bits per heavy atom. The molecule has 2 amide bonds. The fourth-order valence-corrected chi connectivity index (χ4v) is 9.77. The van der Waals surface area contributed by atoms with Gasteiger partial charge >= 0.3 is 5.97 Å². The molecule has 5 heterocycles. The summed E-state index contributed by atoms with van der Waals surface area (Å²) in [6.07, 6.45) is 8.41. The van der Waals surface area contributed by atoms with Crippen molar-refractivity contribution in [2.45, 2.75) is 90.8 Å². The number of carbonyl (C=O) groups excluding carboxylic acids is 2. The molecule has 4 N–H and O–H groups in total. The summed E-state index contributed by atoms with van der Waals surface area (Å²) in [6, 6.07) is 14.6. The molecule has 8 rings (SSSR count). The number of benzene rings is 2. The minimum atomic E-state index is -0.975. The normalized spacial score (nSPS) is 16.5. The Kier molecular flexibility index (Phi) is 13.2. The van der Waals surface area contributed by atoms with Crippen molar-refractivity contribution in [1.82, 2.24) is 45.4 Å². The van der Waals surface area contributed by atoms with E-state index in [9.17, 15) is 19.5 Å². The second kappa shape index (κ2) is 18.9. The minimum absolute atomic E-state index is 0.0401. The molecule has 0 bridgehead atoms. The Labute approximate surface area is 384 Å². The average Bonchev–Trinajstić information content (AvgIpc) is 4.05. The summed E-state index contributed by atoms with van der Waals surface area (Å²) in [5, 5.41) is 35.1. The summed E-state index contributed by atoms with van der Waals surface area (Å²) in [7, 11) is 0. The number of thiophene rings is 1. The molecule has 1 aliphatic heterocycles.